The molecule has 0 saturated heterocycles. The predicted octanol–water partition coefficient (Wildman–Crippen LogP) is 3.76. The monoisotopic (exact) mass is 493 g/mol. The molecular formula is C21H16BrN7OS. The lowest BCUT2D eigenvalue weighted by atomic mass is 10.1. The molecule has 1 aromatic carbocycles. The lowest BCUT2D eigenvalue weighted by Gasteiger charge is -2.12. The zero-order valence-corrected chi connectivity index (χ0v) is 18.6. The van der Waals surface area contributed by atoms with Crippen LogP contribution in [0, 0.1) is 0 Å². The maximum atomic E-state index is 13.1. The van der Waals surface area contributed by atoms with Crippen molar-refractivity contribution in [1.82, 2.24) is 34.5 Å². The molecule has 0 aliphatic heterocycles. The van der Waals surface area contributed by atoms with E-state index in [0.717, 1.165) is 27.0 Å². The average Bonchev–Trinajstić information content (AvgIpc) is 3.20. The van der Waals surface area contributed by atoms with Crippen LogP contribution in [-0.4, -0.2) is 34.5 Å². The van der Waals surface area contributed by atoms with Crippen LogP contribution in [0.2, 0.25) is 0 Å². The average molecular weight is 494 g/mol. The Hall–Kier alpha value is -3.11. The fraction of sp³-hybridized carbons (Fsp3) is 0.143. The molecule has 5 rings (SSSR count). The van der Waals surface area contributed by atoms with Crippen LogP contribution >= 0.6 is 27.7 Å². The Morgan fingerprint density at radius 2 is 1.90 bits per heavy atom. The van der Waals surface area contributed by atoms with Gasteiger partial charge in [0.25, 0.3) is 5.56 Å². The molecule has 10 heteroatoms. The molecule has 0 aliphatic rings. The molecule has 4 heterocycles. The number of thioether (sulfide) groups is 1. The topological polar surface area (TPSA) is 102 Å². The molecule has 0 spiro atoms. The number of imidazole rings is 1. The molecule has 0 amide bonds. The first-order chi connectivity index (χ1) is 15.2. The van der Waals surface area contributed by atoms with Crippen molar-refractivity contribution in [2.45, 2.75) is 23.9 Å². The van der Waals surface area contributed by atoms with Crippen molar-refractivity contribution in [3.63, 3.8) is 0 Å². The Morgan fingerprint density at radius 3 is 2.77 bits per heavy atom. The van der Waals surface area contributed by atoms with Crippen molar-refractivity contribution in [1.29, 1.82) is 0 Å². The van der Waals surface area contributed by atoms with Gasteiger partial charge in [-0.15, -0.1) is 0 Å². The third-order valence-corrected chi connectivity index (χ3v) is 6.14. The zero-order chi connectivity index (χ0) is 21.2. The van der Waals surface area contributed by atoms with Crippen molar-refractivity contribution < 1.29 is 0 Å². The Morgan fingerprint density at radius 1 is 1.06 bits per heavy atom. The van der Waals surface area contributed by atoms with E-state index in [9.17, 15) is 4.79 Å². The van der Waals surface area contributed by atoms with Gasteiger partial charge in [-0.1, -0.05) is 42.1 Å². The van der Waals surface area contributed by atoms with E-state index >= 15 is 0 Å². The number of aromatic nitrogens is 7. The SMILES string of the molecule is O=c1c2nccnc2nc(SCc2nc3cc(Br)cnc3[nH]2)n1CCc1ccccc1. The van der Waals surface area contributed by atoms with Gasteiger partial charge < -0.3 is 4.98 Å². The second kappa shape index (κ2) is 8.56. The van der Waals surface area contributed by atoms with E-state index < -0.39 is 0 Å². The van der Waals surface area contributed by atoms with Gasteiger partial charge in [-0.3, -0.25) is 9.36 Å². The van der Waals surface area contributed by atoms with Gasteiger partial charge in [0.15, 0.2) is 22.0 Å². The maximum absolute atomic E-state index is 13.1. The minimum absolute atomic E-state index is 0.188. The van der Waals surface area contributed by atoms with Crippen molar-refractivity contribution in [2.24, 2.45) is 0 Å². The van der Waals surface area contributed by atoms with Crippen LogP contribution in [0.5, 0.6) is 0 Å². The largest absolute Gasteiger partial charge is 0.326 e. The van der Waals surface area contributed by atoms with E-state index in [2.05, 4.69) is 45.8 Å². The van der Waals surface area contributed by atoms with E-state index in [0.29, 0.717) is 29.5 Å². The molecule has 31 heavy (non-hydrogen) atoms. The van der Waals surface area contributed by atoms with Gasteiger partial charge in [0.05, 0.1) is 5.75 Å². The van der Waals surface area contributed by atoms with Crippen molar-refractivity contribution >= 4 is 50.0 Å². The van der Waals surface area contributed by atoms with Gasteiger partial charge in [0.2, 0.25) is 0 Å². The molecule has 0 aliphatic carbocycles. The van der Waals surface area contributed by atoms with Crippen LogP contribution in [-0.2, 0) is 18.7 Å². The number of aromatic amines is 1. The van der Waals surface area contributed by atoms with Crippen molar-refractivity contribution in [2.75, 3.05) is 0 Å². The number of H-pyrrole nitrogens is 1. The summed E-state index contributed by atoms with van der Waals surface area (Å²) in [4.78, 5) is 38.3. The van der Waals surface area contributed by atoms with Crippen molar-refractivity contribution in [3.05, 3.63) is 81.2 Å². The third kappa shape index (κ3) is 4.21. The lowest BCUT2D eigenvalue weighted by molar-refractivity contribution is 0.592. The van der Waals surface area contributed by atoms with Crippen LogP contribution in [0.25, 0.3) is 22.3 Å². The van der Waals surface area contributed by atoms with E-state index in [1.165, 1.54) is 18.0 Å². The standard InChI is InChI=1S/C21H16BrN7OS/c22-14-10-15-18(25-11-14)27-16(26-15)12-31-21-28-19-17(23-7-8-24-19)20(30)29(21)9-6-13-4-2-1-3-5-13/h1-5,7-8,10-11H,6,9,12H2,(H,25,26,27). The Balaban J connectivity index is 1.47. The van der Waals surface area contributed by atoms with Crippen LogP contribution in [0.4, 0.5) is 0 Å². The Bertz CT molecular complexity index is 1430. The molecule has 8 nitrogen and oxygen atoms in total. The Labute approximate surface area is 189 Å². The molecule has 5 aromatic rings. The molecular weight excluding hydrogens is 478 g/mol. The van der Waals surface area contributed by atoms with E-state index in [-0.39, 0.29) is 11.1 Å². The summed E-state index contributed by atoms with van der Waals surface area (Å²) in [5, 5.41) is 0.587. The molecule has 0 fully saturated rings. The number of benzene rings is 1. The number of hydrogen-bond acceptors (Lipinski definition) is 7. The summed E-state index contributed by atoms with van der Waals surface area (Å²) in [6, 6.07) is 12.0. The van der Waals surface area contributed by atoms with Gasteiger partial charge in [-0.05, 0) is 34.0 Å². The highest BCUT2D eigenvalue weighted by molar-refractivity contribution is 9.10. The van der Waals surface area contributed by atoms with E-state index in [4.69, 9.17) is 0 Å². The molecule has 0 atom stereocenters. The number of nitrogens with zero attached hydrogens (tertiary/aromatic N) is 6. The predicted molar refractivity (Wildman–Crippen MR) is 123 cm³/mol. The first kappa shape index (κ1) is 19.8. The highest BCUT2D eigenvalue weighted by atomic mass is 79.9. The van der Waals surface area contributed by atoms with E-state index in [1.54, 1.807) is 17.0 Å². The van der Waals surface area contributed by atoms with Gasteiger partial charge in [0.1, 0.15) is 11.3 Å². The highest BCUT2D eigenvalue weighted by Crippen LogP contribution is 2.22. The molecule has 4 aromatic heterocycles. The Kier molecular flexibility index (Phi) is 5.47. The second-order valence-electron chi connectivity index (χ2n) is 6.81. The quantitative estimate of drug-likeness (QED) is 0.283. The third-order valence-electron chi connectivity index (χ3n) is 4.72. The number of rotatable bonds is 6. The van der Waals surface area contributed by atoms with Crippen LogP contribution in [0.1, 0.15) is 11.4 Å². The van der Waals surface area contributed by atoms with Crippen LogP contribution in [0.3, 0.4) is 0 Å². The number of nitrogens with one attached hydrogen (secondary N) is 1. The first-order valence-electron chi connectivity index (χ1n) is 9.56. The minimum Gasteiger partial charge on any atom is -0.326 e. The van der Waals surface area contributed by atoms with Gasteiger partial charge >= 0.3 is 0 Å². The number of hydrogen-bond donors (Lipinski definition) is 1. The summed E-state index contributed by atoms with van der Waals surface area (Å²) in [7, 11) is 0. The fourth-order valence-corrected chi connectivity index (χ4v) is 4.45. The molecule has 0 unspecified atom stereocenters. The van der Waals surface area contributed by atoms with Crippen molar-refractivity contribution in [3.8, 4) is 0 Å². The lowest BCUT2D eigenvalue weighted by Crippen LogP contribution is -2.25. The van der Waals surface area contributed by atoms with Gasteiger partial charge in [0, 0.05) is 29.6 Å². The van der Waals surface area contributed by atoms with Crippen LogP contribution in [0.15, 0.2) is 69.4 Å². The van der Waals surface area contributed by atoms with E-state index in [1.807, 2.05) is 36.4 Å². The molecule has 154 valence electrons. The molecule has 0 saturated carbocycles. The number of halogens is 1. The molecule has 0 radical (unpaired) electrons. The summed E-state index contributed by atoms with van der Waals surface area (Å²) in [6.45, 7) is 0.499. The minimum atomic E-state index is -0.188. The number of aryl methyl sites for hydroxylation is 1. The molecule has 1 N–H and O–H groups in total. The maximum Gasteiger partial charge on any atom is 0.282 e. The summed E-state index contributed by atoms with van der Waals surface area (Å²) >= 11 is 4.85. The summed E-state index contributed by atoms with van der Waals surface area (Å²) in [6.07, 6.45) is 5.49. The first-order valence-corrected chi connectivity index (χ1v) is 11.3. The van der Waals surface area contributed by atoms with Gasteiger partial charge in [-0.2, -0.15) is 0 Å². The molecule has 0 bridgehead atoms. The number of pyridine rings is 1. The van der Waals surface area contributed by atoms with Gasteiger partial charge in [-0.25, -0.2) is 24.9 Å². The normalized spacial score (nSPS) is 11.4. The smallest absolute Gasteiger partial charge is 0.282 e. The summed E-state index contributed by atoms with van der Waals surface area (Å²) < 4.78 is 2.54. The fourth-order valence-electron chi connectivity index (χ4n) is 3.24. The zero-order valence-electron chi connectivity index (χ0n) is 16.2. The number of fused-ring (bicyclic) bond motifs is 2. The van der Waals surface area contributed by atoms with Crippen LogP contribution < -0.4 is 5.56 Å². The highest BCUT2D eigenvalue weighted by Gasteiger charge is 2.15. The second-order valence-corrected chi connectivity index (χ2v) is 8.67. The summed E-state index contributed by atoms with van der Waals surface area (Å²) in [5.74, 6) is 1.27. The summed E-state index contributed by atoms with van der Waals surface area (Å²) in [5.41, 5.74) is 3.09.